The van der Waals surface area contributed by atoms with Gasteiger partial charge in [-0.15, -0.1) is 13.2 Å². The van der Waals surface area contributed by atoms with Gasteiger partial charge >= 0.3 is 6.36 Å². The molecule has 3 nitrogen and oxygen atoms in total. The van der Waals surface area contributed by atoms with E-state index in [1.807, 2.05) is 30.3 Å². The number of hydrogen-bond donors (Lipinski definition) is 1. The van der Waals surface area contributed by atoms with Crippen LogP contribution in [0.1, 0.15) is 11.1 Å². The lowest BCUT2D eigenvalue weighted by molar-refractivity contribution is -0.274. The summed E-state index contributed by atoms with van der Waals surface area (Å²) < 4.78 is 39.9. The number of nitrogens with zero attached hydrogens (tertiary/aromatic N) is 1. The van der Waals surface area contributed by atoms with Gasteiger partial charge in [0, 0.05) is 5.56 Å². The molecule has 0 aliphatic heterocycles. The summed E-state index contributed by atoms with van der Waals surface area (Å²) in [6.45, 7) is 0.410. The van der Waals surface area contributed by atoms with E-state index < -0.39 is 6.36 Å². The highest BCUT2D eigenvalue weighted by molar-refractivity contribution is 5.97. The Morgan fingerprint density at radius 3 is 2.19 bits per heavy atom. The molecule has 0 aliphatic rings. The zero-order valence-corrected chi connectivity index (χ0v) is 11.0. The van der Waals surface area contributed by atoms with Crippen LogP contribution in [0, 0.1) is 0 Å². The molecule has 0 atom stereocenters. The van der Waals surface area contributed by atoms with Gasteiger partial charge in [-0.25, -0.2) is 0 Å². The highest BCUT2D eigenvalue weighted by Crippen LogP contribution is 2.22. The quantitative estimate of drug-likeness (QED) is 0.693. The Balaban J connectivity index is 2.04. The maximum atomic E-state index is 12.0. The summed E-state index contributed by atoms with van der Waals surface area (Å²) in [5.74, 6) is -0.0282. The fourth-order valence-corrected chi connectivity index (χ4v) is 1.68. The minimum absolute atomic E-state index is 0.261. The average Bonchev–Trinajstić information content (AvgIpc) is 2.45. The van der Waals surface area contributed by atoms with Crippen LogP contribution >= 0.6 is 0 Å². The van der Waals surface area contributed by atoms with Crippen LogP contribution in [0.4, 0.5) is 13.2 Å². The third kappa shape index (κ3) is 4.83. The number of halogens is 3. The van der Waals surface area contributed by atoms with Crippen molar-refractivity contribution in [1.29, 1.82) is 0 Å². The van der Waals surface area contributed by atoms with Crippen molar-refractivity contribution in [3.05, 3.63) is 65.7 Å². The topological polar surface area (TPSA) is 47.6 Å². The van der Waals surface area contributed by atoms with Crippen LogP contribution in [0.25, 0.3) is 0 Å². The lowest BCUT2D eigenvalue weighted by atomic mass is 10.2. The normalized spacial score (nSPS) is 12.2. The summed E-state index contributed by atoms with van der Waals surface area (Å²) in [7, 11) is 0. The monoisotopic (exact) mass is 294 g/mol. The molecule has 0 radical (unpaired) electrons. The second kappa shape index (κ2) is 6.30. The third-order valence-electron chi connectivity index (χ3n) is 2.66. The minimum atomic E-state index is -4.70. The van der Waals surface area contributed by atoms with E-state index in [1.165, 1.54) is 24.3 Å². The lowest BCUT2D eigenvalue weighted by Crippen LogP contribution is -2.17. The predicted octanol–water partition coefficient (Wildman–Crippen LogP) is 3.49. The van der Waals surface area contributed by atoms with E-state index in [4.69, 9.17) is 5.73 Å². The zero-order valence-electron chi connectivity index (χ0n) is 11.0. The molecule has 6 heteroatoms. The van der Waals surface area contributed by atoms with Gasteiger partial charge < -0.3 is 10.5 Å². The number of benzene rings is 2. The molecule has 2 aromatic rings. The molecular formula is C15H13F3N2O. The first-order valence-corrected chi connectivity index (χ1v) is 6.14. The molecule has 0 aliphatic carbocycles. The smallest absolute Gasteiger partial charge is 0.406 e. The van der Waals surface area contributed by atoms with Crippen molar-refractivity contribution < 1.29 is 17.9 Å². The summed E-state index contributed by atoms with van der Waals surface area (Å²) in [4.78, 5) is 4.20. The van der Waals surface area contributed by atoms with Crippen LogP contribution in [-0.2, 0) is 6.54 Å². The minimum Gasteiger partial charge on any atom is -0.406 e. The highest BCUT2D eigenvalue weighted by Gasteiger charge is 2.30. The summed E-state index contributed by atoms with van der Waals surface area (Å²) in [5, 5.41) is 0. The van der Waals surface area contributed by atoms with Crippen molar-refractivity contribution >= 4 is 5.84 Å². The van der Waals surface area contributed by atoms with E-state index in [1.54, 1.807) is 0 Å². The maximum absolute atomic E-state index is 12.0. The first-order valence-electron chi connectivity index (χ1n) is 6.14. The molecule has 0 bridgehead atoms. The Kier molecular flexibility index (Phi) is 4.47. The van der Waals surface area contributed by atoms with Gasteiger partial charge in [-0.3, -0.25) is 4.99 Å². The Morgan fingerprint density at radius 2 is 1.62 bits per heavy atom. The van der Waals surface area contributed by atoms with E-state index in [9.17, 15) is 13.2 Å². The van der Waals surface area contributed by atoms with Gasteiger partial charge in [0.05, 0.1) is 6.54 Å². The molecule has 0 saturated carbocycles. The molecule has 110 valence electrons. The van der Waals surface area contributed by atoms with Gasteiger partial charge in [-0.05, 0) is 29.8 Å². The number of ether oxygens (including phenoxy) is 1. The maximum Gasteiger partial charge on any atom is 0.573 e. The van der Waals surface area contributed by atoms with Gasteiger partial charge in [0.2, 0.25) is 0 Å². The Hall–Kier alpha value is -2.50. The molecule has 21 heavy (non-hydrogen) atoms. The van der Waals surface area contributed by atoms with Gasteiger partial charge in [0.25, 0.3) is 0 Å². The first-order chi connectivity index (χ1) is 9.94. The number of amidine groups is 1. The standard InChI is InChI=1S/C15H13F3N2O/c16-15(17,18)21-13-8-6-12(7-9-13)14(19)20-10-11-4-2-1-3-5-11/h1-9H,10H2,(H2,19,20). The van der Waals surface area contributed by atoms with Gasteiger partial charge in [-0.2, -0.15) is 0 Å². The number of rotatable bonds is 4. The van der Waals surface area contributed by atoms with E-state index >= 15 is 0 Å². The van der Waals surface area contributed by atoms with Gasteiger partial charge in [0.15, 0.2) is 0 Å². The molecule has 2 N–H and O–H groups in total. The van der Waals surface area contributed by atoms with Gasteiger partial charge in [-0.1, -0.05) is 30.3 Å². The van der Waals surface area contributed by atoms with Crippen molar-refractivity contribution in [1.82, 2.24) is 0 Å². The molecule has 0 saturated heterocycles. The molecule has 2 rings (SSSR count). The largest absolute Gasteiger partial charge is 0.573 e. The number of aliphatic imine (C=N–C) groups is 1. The molecule has 0 fully saturated rings. The van der Waals surface area contributed by atoms with E-state index in [-0.39, 0.29) is 11.6 Å². The summed E-state index contributed by atoms with van der Waals surface area (Å²) in [6, 6.07) is 14.8. The average molecular weight is 294 g/mol. The Bertz CT molecular complexity index is 607. The van der Waals surface area contributed by atoms with E-state index in [0.717, 1.165) is 5.56 Å². The molecule has 0 unspecified atom stereocenters. The second-order valence-electron chi connectivity index (χ2n) is 4.26. The number of nitrogens with two attached hydrogens (primary N) is 1. The summed E-state index contributed by atoms with van der Waals surface area (Å²) in [6.07, 6.45) is -4.70. The van der Waals surface area contributed by atoms with Crippen LogP contribution in [0.15, 0.2) is 59.6 Å². The summed E-state index contributed by atoms with van der Waals surface area (Å²) >= 11 is 0. The lowest BCUT2D eigenvalue weighted by Gasteiger charge is -2.09. The van der Waals surface area contributed by atoms with Crippen LogP contribution in [0.3, 0.4) is 0 Å². The van der Waals surface area contributed by atoms with Crippen LogP contribution in [-0.4, -0.2) is 12.2 Å². The fourth-order valence-electron chi connectivity index (χ4n) is 1.68. The second-order valence-corrected chi connectivity index (χ2v) is 4.26. The van der Waals surface area contributed by atoms with Crippen molar-refractivity contribution in [2.45, 2.75) is 12.9 Å². The number of alkyl halides is 3. The van der Waals surface area contributed by atoms with Crippen molar-refractivity contribution in [3.8, 4) is 5.75 Å². The Labute approximate surface area is 119 Å². The highest BCUT2D eigenvalue weighted by atomic mass is 19.4. The van der Waals surface area contributed by atoms with Crippen molar-refractivity contribution in [2.75, 3.05) is 0 Å². The molecule has 0 spiro atoms. The van der Waals surface area contributed by atoms with Gasteiger partial charge in [0.1, 0.15) is 11.6 Å². The SMILES string of the molecule is NC(=NCc1ccccc1)c1ccc(OC(F)(F)F)cc1. The first kappa shape index (κ1) is 14.9. The molecule has 0 amide bonds. The molecule has 0 heterocycles. The fraction of sp³-hybridized carbons (Fsp3) is 0.133. The number of hydrogen-bond acceptors (Lipinski definition) is 2. The predicted molar refractivity (Wildman–Crippen MR) is 74.0 cm³/mol. The molecule has 2 aromatic carbocycles. The van der Waals surface area contributed by atoms with E-state index in [0.29, 0.717) is 12.1 Å². The zero-order chi connectivity index (χ0) is 15.3. The third-order valence-corrected chi connectivity index (χ3v) is 2.66. The van der Waals surface area contributed by atoms with Crippen LogP contribution < -0.4 is 10.5 Å². The van der Waals surface area contributed by atoms with Crippen LogP contribution in [0.2, 0.25) is 0 Å². The van der Waals surface area contributed by atoms with Crippen molar-refractivity contribution in [2.24, 2.45) is 10.7 Å². The van der Waals surface area contributed by atoms with Crippen molar-refractivity contribution in [3.63, 3.8) is 0 Å². The molecule has 0 aromatic heterocycles. The Morgan fingerprint density at radius 1 is 1.00 bits per heavy atom. The summed E-state index contributed by atoms with van der Waals surface area (Å²) in [5.41, 5.74) is 7.35. The molecular weight excluding hydrogens is 281 g/mol. The van der Waals surface area contributed by atoms with E-state index in [2.05, 4.69) is 9.73 Å². The van der Waals surface area contributed by atoms with Crippen LogP contribution in [0.5, 0.6) is 5.75 Å².